The number of fused-ring (bicyclic) bond motifs is 1. The molecule has 204 valence electrons. The molecule has 2 aromatic rings. The number of hydrogen-bond acceptors (Lipinski definition) is 3. The predicted octanol–water partition coefficient (Wildman–Crippen LogP) is 6.70. The van der Waals surface area contributed by atoms with E-state index < -0.39 is 29.3 Å². The molecular formula is C27H26F6N2O3. The van der Waals surface area contributed by atoms with E-state index in [4.69, 9.17) is 5.73 Å². The normalized spacial score (nSPS) is 14.9. The fraction of sp³-hybridized carbons (Fsp3) is 0.370. The van der Waals surface area contributed by atoms with Gasteiger partial charge in [0, 0.05) is 29.7 Å². The molecule has 0 bridgehead atoms. The van der Waals surface area contributed by atoms with Crippen molar-refractivity contribution in [2.75, 3.05) is 5.32 Å². The average Bonchev–Trinajstić information content (AvgIpc) is 2.81. The van der Waals surface area contributed by atoms with Crippen LogP contribution in [-0.4, -0.2) is 17.6 Å². The summed E-state index contributed by atoms with van der Waals surface area (Å²) < 4.78 is 79.0. The van der Waals surface area contributed by atoms with Crippen molar-refractivity contribution in [2.45, 2.75) is 63.7 Å². The van der Waals surface area contributed by atoms with E-state index in [2.05, 4.69) is 5.32 Å². The highest BCUT2D eigenvalue weighted by atomic mass is 19.4. The topological polar surface area (TPSA) is 89.3 Å². The minimum atomic E-state index is -4.98. The third kappa shape index (κ3) is 7.93. The summed E-state index contributed by atoms with van der Waals surface area (Å²) in [4.78, 5) is 35.9. The number of Topliss-reactive ketones (excluding diaryl/α,β-unsaturated/α-hetero) is 1. The number of halogens is 6. The van der Waals surface area contributed by atoms with Gasteiger partial charge in [0.2, 0.25) is 11.8 Å². The van der Waals surface area contributed by atoms with Crippen LogP contribution < -0.4 is 11.1 Å². The number of benzene rings is 2. The van der Waals surface area contributed by atoms with Gasteiger partial charge in [0.1, 0.15) is 0 Å². The van der Waals surface area contributed by atoms with Crippen LogP contribution in [-0.2, 0) is 28.4 Å². The largest absolute Gasteiger partial charge is 0.416 e. The molecule has 0 heterocycles. The van der Waals surface area contributed by atoms with Crippen LogP contribution in [0.1, 0.15) is 77.6 Å². The summed E-state index contributed by atoms with van der Waals surface area (Å²) in [5.74, 6) is -1.07. The molecule has 0 unspecified atom stereocenters. The minimum Gasteiger partial charge on any atom is -0.370 e. The molecule has 0 saturated heterocycles. The minimum absolute atomic E-state index is 0.0415. The van der Waals surface area contributed by atoms with Gasteiger partial charge < -0.3 is 11.1 Å². The van der Waals surface area contributed by atoms with Crippen molar-refractivity contribution >= 4 is 29.4 Å². The Hall–Kier alpha value is -3.63. The van der Waals surface area contributed by atoms with Crippen LogP contribution in [0, 0.1) is 0 Å². The Morgan fingerprint density at radius 1 is 0.842 bits per heavy atom. The van der Waals surface area contributed by atoms with Gasteiger partial charge in [-0.15, -0.1) is 0 Å². The fourth-order valence-electron chi connectivity index (χ4n) is 4.22. The average molecular weight is 541 g/mol. The van der Waals surface area contributed by atoms with Crippen molar-refractivity contribution in [1.82, 2.24) is 0 Å². The number of hydrogen-bond donors (Lipinski definition) is 2. The number of ketones is 1. The van der Waals surface area contributed by atoms with Crippen LogP contribution in [0.4, 0.5) is 32.0 Å². The summed E-state index contributed by atoms with van der Waals surface area (Å²) in [6.45, 7) is 0. The molecule has 0 fully saturated rings. The van der Waals surface area contributed by atoms with Crippen molar-refractivity contribution in [1.29, 1.82) is 0 Å². The molecule has 1 aliphatic rings. The molecule has 3 N–H and O–H groups in total. The Bertz CT molecular complexity index is 1220. The number of unbranched alkanes of at least 4 members (excludes halogenated alkanes) is 3. The van der Waals surface area contributed by atoms with E-state index in [0.29, 0.717) is 49.1 Å². The number of nitrogens with two attached hydrogens (primary N) is 1. The van der Waals surface area contributed by atoms with E-state index in [1.807, 2.05) is 0 Å². The lowest BCUT2D eigenvalue weighted by Gasteiger charge is -2.19. The Morgan fingerprint density at radius 3 is 2.03 bits per heavy atom. The number of anilines is 1. The standard InChI is InChI=1S/C27H26F6N2O3/c28-26(29,30)19-12-16(13-20(15-19)27(31,32)33)11-18-8-7-17-14-21(9-10-22(17)25(18)38)35-24(37)6-4-2-1-3-5-23(34)36/h9-15H,1-8H2,(H2,34,36)(H,35,37)/b18-11+. The zero-order valence-corrected chi connectivity index (χ0v) is 20.3. The van der Waals surface area contributed by atoms with Gasteiger partial charge in [-0.05, 0) is 79.3 Å². The number of allylic oxidation sites excluding steroid dienone is 1. The number of alkyl halides is 6. The summed E-state index contributed by atoms with van der Waals surface area (Å²) >= 11 is 0. The first-order chi connectivity index (χ1) is 17.7. The van der Waals surface area contributed by atoms with Crippen LogP contribution in [0.5, 0.6) is 0 Å². The highest BCUT2D eigenvalue weighted by Crippen LogP contribution is 2.37. The molecule has 1 aliphatic carbocycles. The summed E-state index contributed by atoms with van der Waals surface area (Å²) in [7, 11) is 0. The van der Waals surface area contributed by atoms with E-state index in [-0.39, 0.29) is 47.4 Å². The number of carbonyl (C=O) groups is 3. The lowest BCUT2D eigenvalue weighted by atomic mass is 9.85. The van der Waals surface area contributed by atoms with Gasteiger partial charge in [-0.25, -0.2) is 0 Å². The SMILES string of the molecule is NC(=O)CCCCCCC(=O)Nc1ccc2c(c1)CC/C(=C\c1cc(C(F)(F)F)cc(C(F)(F)F)c1)C2=O. The maximum absolute atomic E-state index is 13.2. The van der Waals surface area contributed by atoms with Gasteiger partial charge >= 0.3 is 12.4 Å². The molecule has 0 aromatic heterocycles. The predicted molar refractivity (Wildman–Crippen MR) is 129 cm³/mol. The monoisotopic (exact) mass is 540 g/mol. The summed E-state index contributed by atoms with van der Waals surface area (Å²) in [5, 5.41) is 2.76. The molecule has 2 aromatic carbocycles. The molecule has 0 aliphatic heterocycles. The molecule has 0 atom stereocenters. The van der Waals surface area contributed by atoms with Crippen LogP contribution in [0.2, 0.25) is 0 Å². The van der Waals surface area contributed by atoms with Crippen LogP contribution >= 0.6 is 0 Å². The highest BCUT2D eigenvalue weighted by molar-refractivity contribution is 6.13. The number of nitrogens with one attached hydrogen (secondary N) is 1. The molecular weight excluding hydrogens is 514 g/mol. The van der Waals surface area contributed by atoms with Crippen molar-refractivity contribution in [3.05, 3.63) is 69.8 Å². The second-order valence-electron chi connectivity index (χ2n) is 9.14. The lowest BCUT2D eigenvalue weighted by molar-refractivity contribution is -0.143. The lowest BCUT2D eigenvalue weighted by Crippen LogP contribution is -2.16. The molecule has 0 spiro atoms. The fourth-order valence-corrected chi connectivity index (χ4v) is 4.22. The smallest absolute Gasteiger partial charge is 0.370 e. The Labute approximate surface area is 215 Å². The first-order valence-corrected chi connectivity index (χ1v) is 12.0. The third-order valence-electron chi connectivity index (χ3n) is 6.12. The zero-order chi connectivity index (χ0) is 28.1. The van der Waals surface area contributed by atoms with Crippen molar-refractivity contribution < 1.29 is 40.7 Å². The Kier molecular flexibility index (Phi) is 9.01. The molecule has 38 heavy (non-hydrogen) atoms. The number of carbonyl (C=O) groups excluding carboxylic acids is 3. The quantitative estimate of drug-likeness (QED) is 0.211. The molecule has 5 nitrogen and oxygen atoms in total. The number of rotatable bonds is 9. The van der Waals surface area contributed by atoms with E-state index in [1.54, 1.807) is 6.07 Å². The second kappa shape index (κ2) is 11.8. The first-order valence-electron chi connectivity index (χ1n) is 12.0. The number of aryl methyl sites for hydroxylation is 1. The summed E-state index contributed by atoms with van der Waals surface area (Å²) in [6.07, 6.45) is -5.02. The molecule has 3 rings (SSSR count). The van der Waals surface area contributed by atoms with Crippen molar-refractivity contribution in [3.8, 4) is 0 Å². The van der Waals surface area contributed by atoms with E-state index >= 15 is 0 Å². The van der Waals surface area contributed by atoms with Gasteiger partial charge in [-0.3, -0.25) is 14.4 Å². The van der Waals surface area contributed by atoms with Crippen molar-refractivity contribution in [2.24, 2.45) is 5.73 Å². The maximum Gasteiger partial charge on any atom is 0.416 e. The maximum atomic E-state index is 13.2. The van der Waals surface area contributed by atoms with Gasteiger partial charge in [0.15, 0.2) is 5.78 Å². The van der Waals surface area contributed by atoms with Gasteiger partial charge in [-0.2, -0.15) is 26.3 Å². The van der Waals surface area contributed by atoms with Crippen LogP contribution in [0.25, 0.3) is 6.08 Å². The molecule has 0 radical (unpaired) electrons. The van der Waals surface area contributed by atoms with Crippen molar-refractivity contribution in [3.63, 3.8) is 0 Å². The van der Waals surface area contributed by atoms with E-state index in [9.17, 15) is 40.7 Å². The molecule has 11 heteroatoms. The van der Waals surface area contributed by atoms with Crippen LogP contribution in [0.3, 0.4) is 0 Å². The number of amides is 2. The van der Waals surface area contributed by atoms with E-state index in [1.165, 1.54) is 12.1 Å². The summed E-state index contributed by atoms with van der Waals surface area (Å²) in [5.41, 5.74) is 3.29. The Morgan fingerprint density at radius 2 is 1.45 bits per heavy atom. The van der Waals surface area contributed by atoms with Gasteiger partial charge in [-0.1, -0.05) is 12.8 Å². The molecule has 2 amide bonds. The van der Waals surface area contributed by atoms with Gasteiger partial charge in [0.25, 0.3) is 0 Å². The summed E-state index contributed by atoms with van der Waals surface area (Å²) in [6, 6.07) is 5.86. The Balaban J connectivity index is 1.69. The van der Waals surface area contributed by atoms with Crippen LogP contribution in [0.15, 0.2) is 42.0 Å². The zero-order valence-electron chi connectivity index (χ0n) is 20.3. The first kappa shape index (κ1) is 28.9. The van der Waals surface area contributed by atoms with E-state index in [0.717, 1.165) is 18.9 Å². The second-order valence-corrected chi connectivity index (χ2v) is 9.14. The van der Waals surface area contributed by atoms with Gasteiger partial charge in [0.05, 0.1) is 11.1 Å². The number of primary amides is 1. The third-order valence-corrected chi connectivity index (χ3v) is 6.12. The highest BCUT2D eigenvalue weighted by Gasteiger charge is 2.37. The molecule has 0 saturated carbocycles.